The van der Waals surface area contributed by atoms with Crippen molar-refractivity contribution in [2.75, 3.05) is 0 Å². The smallest absolute Gasteiger partial charge is 0.303 e. The first-order valence-electron chi connectivity index (χ1n) is 9.57. The lowest BCUT2D eigenvalue weighted by Crippen LogP contribution is -2.16. The summed E-state index contributed by atoms with van der Waals surface area (Å²) in [5.74, 6) is -0.782. The first kappa shape index (κ1) is 20.9. The van der Waals surface area contributed by atoms with Crippen LogP contribution in [0.2, 0.25) is 0 Å². The third kappa shape index (κ3) is 5.85. The van der Waals surface area contributed by atoms with E-state index in [9.17, 15) is 9.59 Å². The van der Waals surface area contributed by atoms with Gasteiger partial charge >= 0.3 is 5.97 Å². The summed E-state index contributed by atoms with van der Waals surface area (Å²) in [5.41, 5.74) is 7.53. The van der Waals surface area contributed by atoms with Crippen LogP contribution in [0, 0.1) is 0 Å². The Balaban J connectivity index is 1.84. The molecule has 6 nitrogen and oxygen atoms in total. The van der Waals surface area contributed by atoms with Crippen LogP contribution < -0.4 is 15.2 Å². The maximum absolute atomic E-state index is 11.9. The summed E-state index contributed by atoms with van der Waals surface area (Å²) in [6.07, 6.45) is -0.382. The molecular formula is C24H23NO5. The highest BCUT2D eigenvalue weighted by molar-refractivity contribution is 5.95. The summed E-state index contributed by atoms with van der Waals surface area (Å²) < 4.78 is 11.9. The van der Waals surface area contributed by atoms with E-state index in [1.807, 2.05) is 60.7 Å². The Morgan fingerprint density at radius 2 is 1.60 bits per heavy atom. The number of carboxylic acid groups (broad SMARTS) is 1. The molecule has 0 radical (unpaired) electrons. The molecule has 0 saturated heterocycles. The van der Waals surface area contributed by atoms with E-state index >= 15 is 0 Å². The fourth-order valence-electron chi connectivity index (χ4n) is 3.00. The molecular weight excluding hydrogens is 382 g/mol. The molecule has 154 valence electrons. The molecule has 1 atom stereocenters. The highest BCUT2D eigenvalue weighted by Gasteiger charge is 2.19. The third-order valence-electron chi connectivity index (χ3n) is 4.53. The van der Waals surface area contributed by atoms with E-state index in [0.29, 0.717) is 12.4 Å². The van der Waals surface area contributed by atoms with Gasteiger partial charge in [-0.05, 0) is 29.7 Å². The summed E-state index contributed by atoms with van der Waals surface area (Å²) in [6, 6.07) is 23.8. The van der Waals surface area contributed by atoms with E-state index < -0.39 is 18.0 Å². The summed E-state index contributed by atoms with van der Waals surface area (Å²) in [6.45, 7) is 0.358. The lowest BCUT2D eigenvalue weighted by molar-refractivity contribution is -0.137. The van der Waals surface area contributed by atoms with Crippen molar-refractivity contribution in [1.29, 1.82) is 0 Å². The Hall–Kier alpha value is -3.80. The van der Waals surface area contributed by atoms with Crippen LogP contribution in [0.1, 0.15) is 40.4 Å². The molecule has 0 bridgehead atoms. The lowest BCUT2D eigenvalue weighted by Gasteiger charge is -2.21. The number of hydrogen-bond acceptors (Lipinski definition) is 4. The average Bonchev–Trinajstić information content (AvgIpc) is 2.76. The van der Waals surface area contributed by atoms with Crippen LogP contribution in [0.3, 0.4) is 0 Å². The number of hydrogen-bond donors (Lipinski definition) is 2. The number of nitrogens with two attached hydrogens (primary N) is 1. The van der Waals surface area contributed by atoms with E-state index in [-0.39, 0.29) is 24.2 Å². The largest absolute Gasteiger partial charge is 0.489 e. The first-order valence-corrected chi connectivity index (χ1v) is 9.57. The first-order chi connectivity index (χ1) is 14.5. The Morgan fingerprint density at radius 3 is 2.23 bits per heavy atom. The number of benzene rings is 3. The molecule has 0 aliphatic carbocycles. The number of carbonyl (C=O) groups excluding carboxylic acids is 1. The number of carboxylic acids is 1. The average molecular weight is 405 g/mol. The maximum Gasteiger partial charge on any atom is 0.303 e. The van der Waals surface area contributed by atoms with Crippen molar-refractivity contribution in [1.82, 2.24) is 0 Å². The molecule has 0 aromatic heterocycles. The molecule has 0 aliphatic rings. The summed E-state index contributed by atoms with van der Waals surface area (Å²) in [5, 5.41) is 9.09. The molecule has 0 fully saturated rings. The van der Waals surface area contributed by atoms with Crippen molar-refractivity contribution >= 4 is 11.9 Å². The van der Waals surface area contributed by atoms with Gasteiger partial charge in [-0.1, -0.05) is 60.7 Å². The zero-order valence-electron chi connectivity index (χ0n) is 16.4. The van der Waals surface area contributed by atoms with E-state index in [2.05, 4.69) is 0 Å². The Labute approximate surface area is 174 Å². The number of aliphatic carboxylic acids is 1. The molecule has 6 heteroatoms. The Kier molecular flexibility index (Phi) is 7.05. The SMILES string of the molecule is NC(=O)c1ccc(OCc2ccccc2)cc1O[C@@H](CCC(=O)O)c1ccccc1. The predicted octanol–water partition coefficient (Wildman–Crippen LogP) is 4.35. The van der Waals surface area contributed by atoms with Gasteiger partial charge in [0.2, 0.25) is 0 Å². The molecule has 0 saturated carbocycles. The van der Waals surface area contributed by atoms with Crippen molar-refractivity contribution in [2.24, 2.45) is 5.73 Å². The second-order valence-electron chi connectivity index (χ2n) is 6.75. The van der Waals surface area contributed by atoms with Gasteiger partial charge in [-0.3, -0.25) is 9.59 Å². The van der Waals surface area contributed by atoms with Crippen LogP contribution in [0.4, 0.5) is 0 Å². The molecule has 0 heterocycles. The van der Waals surface area contributed by atoms with Crippen LogP contribution in [-0.2, 0) is 11.4 Å². The van der Waals surface area contributed by atoms with E-state index in [4.69, 9.17) is 20.3 Å². The fourth-order valence-corrected chi connectivity index (χ4v) is 3.00. The van der Waals surface area contributed by atoms with E-state index in [0.717, 1.165) is 11.1 Å². The minimum Gasteiger partial charge on any atom is -0.489 e. The summed E-state index contributed by atoms with van der Waals surface area (Å²) in [7, 11) is 0. The van der Waals surface area contributed by atoms with Crippen LogP contribution in [-0.4, -0.2) is 17.0 Å². The van der Waals surface area contributed by atoms with Crippen molar-refractivity contribution in [2.45, 2.75) is 25.6 Å². The normalized spacial score (nSPS) is 11.5. The predicted molar refractivity (Wildman–Crippen MR) is 112 cm³/mol. The van der Waals surface area contributed by atoms with Crippen molar-refractivity contribution in [3.63, 3.8) is 0 Å². The zero-order chi connectivity index (χ0) is 21.3. The van der Waals surface area contributed by atoms with Crippen molar-refractivity contribution < 1.29 is 24.2 Å². The van der Waals surface area contributed by atoms with Gasteiger partial charge in [0, 0.05) is 12.5 Å². The molecule has 0 unspecified atom stereocenters. The lowest BCUT2D eigenvalue weighted by atomic mass is 10.0. The molecule has 0 spiro atoms. The molecule has 3 aromatic rings. The van der Waals surface area contributed by atoms with Gasteiger partial charge in [0.25, 0.3) is 5.91 Å². The highest BCUT2D eigenvalue weighted by atomic mass is 16.5. The van der Waals surface area contributed by atoms with E-state index in [1.165, 1.54) is 0 Å². The second-order valence-corrected chi connectivity index (χ2v) is 6.75. The Morgan fingerprint density at radius 1 is 0.933 bits per heavy atom. The number of rotatable bonds is 10. The second kappa shape index (κ2) is 10.1. The highest BCUT2D eigenvalue weighted by Crippen LogP contribution is 2.32. The molecule has 1 amide bonds. The van der Waals surface area contributed by atoms with E-state index in [1.54, 1.807) is 18.2 Å². The number of amides is 1. The minimum absolute atomic E-state index is 0.0737. The van der Waals surface area contributed by atoms with Gasteiger partial charge in [0.05, 0.1) is 5.56 Å². The van der Waals surface area contributed by atoms with Gasteiger partial charge < -0.3 is 20.3 Å². The quantitative estimate of drug-likeness (QED) is 0.522. The molecule has 0 aliphatic heterocycles. The van der Waals surface area contributed by atoms with Crippen LogP contribution in [0.5, 0.6) is 11.5 Å². The Bertz CT molecular complexity index is 989. The van der Waals surface area contributed by atoms with Gasteiger partial charge in [-0.2, -0.15) is 0 Å². The van der Waals surface area contributed by atoms with Crippen LogP contribution >= 0.6 is 0 Å². The fraction of sp³-hybridized carbons (Fsp3) is 0.167. The standard InChI is InChI=1S/C24H23NO5/c25-24(28)20-12-11-19(29-16-17-7-3-1-4-8-17)15-22(20)30-21(13-14-23(26)27)18-9-5-2-6-10-18/h1-12,15,21H,13-14,16H2,(H2,25,28)(H,26,27)/t21-/m0/s1. The maximum atomic E-state index is 11.9. The van der Waals surface area contributed by atoms with Crippen molar-refractivity contribution in [3.05, 3.63) is 95.6 Å². The number of primary amides is 1. The minimum atomic E-state index is -0.922. The zero-order valence-corrected chi connectivity index (χ0v) is 16.4. The number of carbonyl (C=O) groups is 2. The van der Waals surface area contributed by atoms with Crippen LogP contribution in [0.25, 0.3) is 0 Å². The molecule has 3 N–H and O–H groups in total. The molecule has 30 heavy (non-hydrogen) atoms. The third-order valence-corrected chi connectivity index (χ3v) is 4.53. The van der Waals surface area contributed by atoms with Gasteiger partial charge in [0.15, 0.2) is 0 Å². The summed E-state index contributed by atoms with van der Waals surface area (Å²) in [4.78, 5) is 23.0. The topological polar surface area (TPSA) is 98.9 Å². The molecule has 3 aromatic carbocycles. The molecule has 3 rings (SSSR count). The van der Waals surface area contributed by atoms with Crippen molar-refractivity contribution in [3.8, 4) is 11.5 Å². The van der Waals surface area contributed by atoms with Gasteiger partial charge in [-0.15, -0.1) is 0 Å². The monoisotopic (exact) mass is 405 g/mol. The summed E-state index contributed by atoms with van der Waals surface area (Å²) >= 11 is 0. The van der Waals surface area contributed by atoms with Gasteiger partial charge in [-0.25, -0.2) is 0 Å². The number of ether oxygens (including phenoxy) is 2. The van der Waals surface area contributed by atoms with Gasteiger partial charge in [0.1, 0.15) is 24.2 Å². The van der Waals surface area contributed by atoms with Crippen LogP contribution in [0.15, 0.2) is 78.9 Å².